The standard InChI is InChI=1S/C11H11N3O/c1-7(15)11-13-9-4-3-8(6-12)5-10(9)14(11)2/h3-5,7,15H,1-2H3. The molecule has 0 bridgehead atoms. The Hall–Kier alpha value is -1.86. The van der Waals surface area contributed by atoms with Crippen molar-refractivity contribution in [2.24, 2.45) is 7.05 Å². The molecule has 1 unspecified atom stereocenters. The summed E-state index contributed by atoms with van der Waals surface area (Å²) in [6, 6.07) is 7.37. The summed E-state index contributed by atoms with van der Waals surface area (Å²) in [6.07, 6.45) is -0.604. The third-order valence-electron chi connectivity index (χ3n) is 2.42. The van der Waals surface area contributed by atoms with Gasteiger partial charge in [0.05, 0.1) is 22.7 Å². The molecule has 0 aliphatic heterocycles. The van der Waals surface area contributed by atoms with Crippen LogP contribution in [0.25, 0.3) is 11.0 Å². The van der Waals surface area contributed by atoms with Crippen LogP contribution >= 0.6 is 0 Å². The Morgan fingerprint density at radius 3 is 2.87 bits per heavy atom. The Kier molecular flexibility index (Phi) is 2.18. The number of benzene rings is 1. The third-order valence-corrected chi connectivity index (χ3v) is 2.42. The van der Waals surface area contributed by atoms with Crippen LogP contribution in [0.5, 0.6) is 0 Å². The monoisotopic (exact) mass is 201 g/mol. The van der Waals surface area contributed by atoms with E-state index in [0.717, 1.165) is 11.0 Å². The molecule has 0 saturated heterocycles. The highest BCUT2D eigenvalue weighted by Crippen LogP contribution is 2.20. The molecule has 0 aliphatic carbocycles. The van der Waals surface area contributed by atoms with Gasteiger partial charge >= 0.3 is 0 Å². The first-order chi connectivity index (χ1) is 7.13. The molecule has 0 amide bonds. The van der Waals surface area contributed by atoms with Crippen LogP contribution in [0.15, 0.2) is 18.2 Å². The summed E-state index contributed by atoms with van der Waals surface area (Å²) in [4.78, 5) is 4.29. The maximum atomic E-state index is 9.48. The fraction of sp³-hybridized carbons (Fsp3) is 0.273. The number of nitriles is 1. The zero-order valence-electron chi connectivity index (χ0n) is 8.60. The fourth-order valence-corrected chi connectivity index (χ4v) is 1.65. The molecule has 2 aromatic rings. The first kappa shape index (κ1) is 9.69. The maximum absolute atomic E-state index is 9.48. The largest absolute Gasteiger partial charge is 0.385 e. The van der Waals surface area contributed by atoms with Gasteiger partial charge in [-0.25, -0.2) is 4.98 Å². The molecule has 2 rings (SSSR count). The average Bonchev–Trinajstić information content (AvgIpc) is 2.56. The molecule has 0 spiro atoms. The SMILES string of the molecule is CC(O)c1nc2ccc(C#N)cc2n1C. The number of aliphatic hydroxyl groups is 1. The number of nitrogens with zero attached hydrogens (tertiary/aromatic N) is 3. The Morgan fingerprint density at radius 2 is 2.27 bits per heavy atom. The van der Waals surface area contributed by atoms with Gasteiger partial charge in [0.15, 0.2) is 0 Å². The number of fused-ring (bicyclic) bond motifs is 1. The summed E-state index contributed by atoms with van der Waals surface area (Å²) in [5.41, 5.74) is 2.26. The maximum Gasteiger partial charge on any atom is 0.138 e. The van der Waals surface area contributed by atoms with Crippen LogP contribution < -0.4 is 0 Å². The van der Waals surface area contributed by atoms with Gasteiger partial charge in [0, 0.05) is 7.05 Å². The van der Waals surface area contributed by atoms with Gasteiger partial charge in [0.2, 0.25) is 0 Å². The summed E-state index contributed by atoms with van der Waals surface area (Å²) in [6.45, 7) is 1.67. The second-order valence-electron chi connectivity index (χ2n) is 3.52. The van der Waals surface area contributed by atoms with Gasteiger partial charge in [-0.15, -0.1) is 0 Å². The van der Waals surface area contributed by atoms with Crippen molar-refractivity contribution in [2.75, 3.05) is 0 Å². The number of rotatable bonds is 1. The summed E-state index contributed by atoms with van der Waals surface area (Å²) in [7, 11) is 1.83. The van der Waals surface area contributed by atoms with E-state index < -0.39 is 6.10 Å². The van der Waals surface area contributed by atoms with Gasteiger partial charge in [0.25, 0.3) is 0 Å². The van der Waals surface area contributed by atoms with Crippen LogP contribution in [0.3, 0.4) is 0 Å². The predicted molar refractivity (Wildman–Crippen MR) is 56.1 cm³/mol. The lowest BCUT2D eigenvalue weighted by molar-refractivity contribution is 0.186. The number of hydrogen-bond donors (Lipinski definition) is 1. The van der Waals surface area contributed by atoms with Crippen LogP contribution in [0.4, 0.5) is 0 Å². The Bertz CT molecular complexity index is 549. The quantitative estimate of drug-likeness (QED) is 0.760. The van der Waals surface area contributed by atoms with E-state index in [1.807, 2.05) is 7.05 Å². The van der Waals surface area contributed by atoms with E-state index in [2.05, 4.69) is 11.1 Å². The van der Waals surface area contributed by atoms with Crippen molar-refractivity contribution in [3.63, 3.8) is 0 Å². The van der Waals surface area contributed by atoms with Gasteiger partial charge in [-0.2, -0.15) is 5.26 Å². The normalized spacial score (nSPS) is 12.7. The Labute approximate surface area is 87.4 Å². The molecule has 76 valence electrons. The number of aromatic nitrogens is 2. The summed E-state index contributed by atoms with van der Waals surface area (Å²) in [5, 5.41) is 18.3. The molecule has 1 aromatic heterocycles. The smallest absolute Gasteiger partial charge is 0.138 e. The zero-order chi connectivity index (χ0) is 11.0. The number of aryl methyl sites for hydroxylation is 1. The highest BCUT2D eigenvalue weighted by molar-refractivity contribution is 5.77. The summed E-state index contributed by atoms with van der Waals surface area (Å²) < 4.78 is 1.81. The number of aliphatic hydroxyl groups excluding tert-OH is 1. The van der Waals surface area contributed by atoms with Gasteiger partial charge in [0.1, 0.15) is 11.9 Å². The van der Waals surface area contributed by atoms with Crippen LogP contribution in [0.1, 0.15) is 24.4 Å². The lowest BCUT2D eigenvalue weighted by Crippen LogP contribution is -2.01. The van der Waals surface area contributed by atoms with Crippen molar-refractivity contribution < 1.29 is 5.11 Å². The third kappa shape index (κ3) is 1.47. The predicted octanol–water partition coefficient (Wildman–Crippen LogP) is 1.50. The molecular formula is C11H11N3O. The van der Waals surface area contributed by atoms with Crippen molar-refractivity contribution in [3.8, 4) is 6.07 Å². The molecule has 4 nitrogen and oxygen atoms in total. The number of hydrogen-bond acceptors (Lipinski definition) is 3. The second kappa shape index (κ2) is 3.37. The molecule has 1 atom stereocenters. The van der Waals surface area contributed by atoms with E-state index in [0.29, 0.717) is 11.4 Å². The minimum absolute atomic E-state index is 0.600. The highest BCUT2D eigenvalue weighted by Gasteiger charge is 2.11. The Balaban J connectivity index is 2.73. The Morgan fingerprint density at radius 1 is 1.53 bits per heavy atom. The van der Waals surface area contributed by atoms with Crippen LogP contribution in [0.2, 0.25) is 0 Å². The molecule has 0 radical (unpaired) electrons. The molecule has 1 N–H and O–H groups in total. The van der Waals surface area contributed by atoms with Crippen molar-refractivity contribution in [2.45, 2.75) is 13.0 Å². The van der Waals surface area contributed by atoms with Crippen LogP contribution in [0, 0.1) is 11.3 Å². The van der Waals surface area contributed by atoms with Crippen LogP contribution in [-0.2, 0) is 7.05 Å². The van der Waals surface area contributed by atoms with Crippen molar-refractivity contribution in [1.82, 2.24) is 9.55 Å². The molecule has 0 aliphatic rings. The van der Waals surface area contributed by atoms with E-state index in [-0.39, 0.29) is 0 Å². The van der Waals surface area contributed by atoms with E-state index in [1.54, 1.807) is 29.7 Å². The molecule has 0 fully saturated rings. The molecule has 1 heterocycles. The van der Waals surface area contributed by atoms with Crippen molar-refractivity contribution in [3.05, 3.63) is 29.6 Å². The molecule has 1 aromatic carbocycles. The van der Waals surface area contributed by atoms with E-state index in [9.17, 15) is 5.11 Å². The summed E-state index contributed by atoms with van der Waals surface area (Å²) >= 11 is 0. The zero-order valence-corrected chi connectivity index (χ0v) is 8.60. The lowest BCUT2D eigenvalue weighted by Gasteiger charge is -2.03. The number of imidazole rings is 1. The van der Waals surface area contributed by atoms with Gasteiger partial charge in [-0.3, -0.25) is 0 Å². The minimum Gasteiger partial charge on any atom is -0.385 e. The topological polar surface area (TPSA) is 61.8 Å². The van der Waals surface area contributed by atoms with E-state index >= 15 is 0 Å². The molecule has 4 heteroatoms. The van der Waals surface area contributed by atoms with E-state index in [1.165, 1.54) is 0 Å². The average molecular weight is 201 g/mol. The van der Waals surface area contributed by atoms with Crippen molar-refractivity contribution in [1.29, 1.82) is 5.26 Å². The molecule has 0 saturated carbocycles. The second-order valence-corrected chi connectivity index (χ2v) is 3.52. The first-order valence-corrected chi connectivity index (χ1v) is 4.68. The fourth-order valence-electron chi connectivity index (χ4n) is 1.65. The van der Waals surface area contributed by atoms with E-state index in [4.69, 9.17) is 5.26 Å². The van der Waals surface area contributed by atoms with Gasteiger partial charge in [-0.1, -0.05) is 0 Å². The van der Waals surface area contributed by atoms with Gasteiger partial charge < -0.3 is 9.67 Å². The molecular weight excluding hydrogens is 190 g/mol. The van der Waals surface area contributed by atoms with Crippen LogP contribution in [-0.4, -0.2) is 14.7 Å². The van der Waals surface area contributed by atoms with Gasteiger partial charge in [-0.05, 0) is 25.1 Å². The molecule has 15 heavy (non-hydrogen) atoms. The van der Waals surface area contributed by atoms with Crippen molar-refractivity contribution >= 4 is 11.0 Å². The minimum atomic E-state index is -0.604. The first-order valence-electron chi connectivity index (χ1n) is 4.68. The highest BCUT2D eigenvalue weighted by atomic mass is 16.3. The summed E-state index contributed by atoms with van der Waals surface area (Å²) in [5.74, 6) is 0.611. The lowest BCUT2D eigenvalue weighted by atomic mass is 10.2.